The lowest BCUT2D eigenvalue weighted by molar-refractivity contribution is 0.130. The topological polar surface area (TPSA) is 76.8 Å². The van der Waals surface area contributed by atoms with Gasteiger partial charge in [0.25, 0.3) is 0 Å². The summed E-state index contributed by atoms with van der Waals surface area (Å²) in [6, 6.07) is 5.64. The Morgan fingerprint density at radius 2 is 2.22 bits per heavy atom. The number of hydrazine groups is 1. The summed E-state index contributed by atoms with van der Waals surface area (Å²) < 4.78 is 10.5. The van der Waals surface area contributed by atoms with Crippen LogP contribution in [0.3, 0.4) is 0 Å². The molecule has 0 aliphatic carbocycles. The fraction of sp³-hybridized carbons (Fsp3) is 0.417. The van der Waals surface area contributed by atoms with Gasteiger partial charge >= 0.3 is 6.09 Å². The number of rotatable bonds is 2. The molecule has 0 saturated carbocycles. The number of hydrogen-bond donors (Lipinski definition) is 2. The van der Waals surface area contributed by atoms with Crippen molar-refractivity contribution in [2.75, 3.05) is 25.5 Å². The Bertz CT molecular complexity index is 478. The zero-order chi connectivity index (χ0) is 12.5. The zero-order valence-corrected chi connectivity index (χ0v) is 9.89. The van der Waals surface area contributed by atoms with Crippen LogP contribution in [0.25, 0.3) is 0 Å². The van der Waals surface area contributed by atoms with Gasteiger partial charge in [-0.3, -0.25) is 0 Å². The Hall–Kier alpha value is -1.95. The number of fused-ring (bicyclic) bond motifs is 1. The highest BCUT2D eigenvalue weighted by Gasteiger charge is 2.28. The molecule has 6 nitrogen and oxygen atoms in total. The van der Waals surface area contributed by atoms with Crippen molar-refractivity contribution in [2.24, 2.45) is 0 Å². The third-order valence-corrected chi connectivity index (χ3v) is 3.15. The van der Waals surface area contributed by atoms with Crippen molar-refractivity contribution < 1.29 is 14.3 Å². The number of ether oxygens (including phenoxy) is 2. The Labute approximate surface area is 105 Å². The monoisotopic (exact) mass is 249 g/mol. The minimum atomic E-state index is -0.321. The molecule has 18 heavy (non-hydrogen) atoms. The van der Waals surface area contributed by atoms with E-state index < -0.39 is 0 Å². The lowest BCUT2D eigenvalue weighted by Crippen LogP contribution is -2.42. The first kappa shape index (κ1) is 11.2. The number of anilines is 1. The van der Waals surface area contributed by atoms with Crippen LogP contribution in [0.4, 0.5) is 10.5 Å². The zero-order valence-electron chi connectivity index (χ0n) is 9.89. The molecule has 0 aromatic heterocycles. The van der Waals surface area contributed by atoms with Crippen LogP contribution in [-0.4, -0.2) is 30.9 Å². The van der Waals surface area contributed by atoms with Gasteiger partial charge in [-0.15, -0.1) is 0 Å². The Balaban J connectivity index is 1.80. The molecule has 1 atom stereocenters. The molecule has 1 saturated heterocycles. The molecule has 1 unspecified atom stereocenters. The Kier molecular flexibility index (Phi) is 2.71. The molecule has 0 bridgehead atoms. The Morgan fingerprint density at radius 1 is 1.33 bits per heavy atom. The molecule has 1 amide bonds. The largest absolute Gasteiger partial charge is 0.493 e. The van der Waals surface area contributed by atoms with Crippen LogP contribution >= 0.6 is 0 Å². The van der Waals surface area contributed by atoms with Crippen molar-refractivity contribution in [3.8, 4) is 5.75 Å². The van der Waals surface area contributed by atoms with Crippen molar-refractivity contribution in [1.82, 2.24) is 10.4 Å². The highest BCUT2D eigenvalue weighted by Crippen LogP contribution is 2.33. The molecular weight excluding hydrogens is 234 g/mol. The van der Waals surface area contributed by atoms with Crippen LogP contribution in [0.1, 0.15) is 18.0 Å². The summed E-state index contributed by atoms with van der Waals surface area (Å²) in [5.41, 5.74) is 10.6. The molecule has 0 spiro atoms. The van der Waals surface area contributed by atoms with E-state index in [1.165, 1.54) is 5.01 Å². The number of carbonyl (C=O) groups excluding carboxylic acids is 1. The summed E-state index contributed by atoms with van der Waals surface area (Å²) >= 11 is 0. The average Bonchev–Trinajstić information content (AvgIpc) is 2.75. The molecule has 0 radical (unpaired) electrons. The highest BCUT2D eigenvalue weighted by molar-refractivity contribution is 5.68. The van der Waals surface area contributed by atoms with Crippen molar-refractivity contribution in [2.45, 2.75) is 12.5 Å². The van der Waals surface area contributed by atoms with Gasteiger partial charge in [-0.05, 0) is 6.07 Å². The van der Waals surface area contributed by atoms with Gasteiger partial charge in [-0.1, -0.05) is 6.07 Å². The maximum atomic E-state index is 11.4. The van der Waals surface area contributed by atoms with Crippen molar-refractivity contribution in [3.05, 3.63) is 23.8 Å². The van der Waals surface area contributed by atoms with Crippen LogP contribution in [0.2, 0.25) is 0 Å². The molecule has 2 aliphatic rings. The van der Waals surface area contributed by atoms with Crippen LogP contribution < -0.4 is 15.9 Å². The number of benzene rings is 1. The van der Waals surface area contributed by atoms with Gasteiger partial charge in [0.05, 0.1) is 19.2 Å². The maximum absolute atomic E-state index is 11.4. The summed E-state index contributed by atoms with van der Waals surface area (Å²) in [6.45, 7) is 1.61. The van der Waals surface area contributed by atoms with E-state index in [1.807, 2.05) is 18.2 Å². The van der Waals surface area contributed by atoms with Gasteiger partial charge in [-0.2, -0.15) is 0 Å². The first-order chi connectivity index (χ1) is 8.74. The number of carbonyl (C=O) groups is 1. The molecule has 1 aromatic carbocycles. The van der Waals surface area contributed by atoms with E-state index in [2.05, 4.69) is 5.43 Å². The van der Waals surface area contributed by atoms with E-state index in [9.17, 15) is 4.79 Å². The summed E-state index contributed by atoms with van der Waals surface area (Å²) in [6.07, 6.45) is 0.485. The van der Waals surface area contributed by atoms with Crippen LogP contribution in [0.15, 0.2) is 18.2 Å². The average molecular weight is 249 g/mol. The Morgan fingerprint density at radius 3 is 3.00 bits per heavy atom. The van der Waals surface area contributed by atoms with E-state index >= 15 is 0 Å². The molecule has 1 aromatic rings. The second-order valence-electron chi connectivity index (χ2n) is 4.38. The van der Waals surface area contributed by atoms with Gasteiger partial charge in [0.2, 0.25) is 0 Å². The van der Waals surface area contributed by atoms with Crippen molar-refractivity contribution >= 4 is 11.8 Å². The van der Waals surface area contributed by atoms with Crippen LogP contribution in [0.5, 0.6) is 5.75 Å². The molecule has 2 aliphatic heterocycles. The normalized spacial score (nSPS) is 22.3. The number of cyclic esters (lactones) is 1. The number of nitrogens with two attached hydrogens (primary N) is 1. The minimum Gasteiger partial charge on any atom is -0.493 e. The smallest absolute Gasteiger partial charge is 0.424 e. The molecule has 2 heterocycles. The minimum absolute atomic E-state index is 0.0556. The number of nitrogen functional groups attached to an aromatic ring is 1. The predicted molar refractivity (Wildman–Crippen MR) is 64.9 cm³/mol. The molecular formula is C12H15N3O3. The SMILES string of the molecule is Nc1ccc2c(c1)OCCC2NN1CCOC1=O. The van der Waals surface area contributed by atoms with E-state index in [4.69, 9.17) is 15.2 Å². The summed E-state index contributed by atoms with van der Waals surface area (Å²) in [5, 5.41) is 1.51. The number of nitrogens with zero attached hydrogens (tertiary/aromatic N) is 1. The second-order valence-corrected chi connectivity index (χ2v) is 4.38. The second kappa shape index (κ2) is 4.38. The molecule has 3 rings (SSSR count). The van der Waals surface area contributed by atoms with Crippen LogP contribution in [-0.2, 0) is 4.74 Å². The van der Waals surface area contributed by atoms with E-state index in [1.54, 1.807) is 0 Å². The number of nitrogens with one attached hydrogen (secondary N) is 1. The number of hydrogen-bond acceptors (Lipinski definition) is 5. The summed E-state index contributed by atoms with van der Waals surface area (Å²) in [5.74, 6) is 0.784. The van der Waals surface area contributed by atoms with Crippen molar-refractivity contribution in [1.29, 1.82) is 0 Å². The first-order valence-corrected chi connectivity index (χ1v) is 5.97. The standard InChI is InChI=1S/C12H15N3O3/c13-8-1-2-9-10(3-5-17-11(9)7-8)14-15-4-6-18-12(15)16/h1-2,7,10,14H,3-6,13H2. The summed E-state index contributed by atoms with van der Waals surface area (Å²) in [4.78, 5) is 11.4. The van der Waals surface area contributed by atoms with Gasteiger partial charge in [-0.25, -0.2) is 15.2 Å². The van der Waals surface area contributed by atoms with Gasteiger partial charge in [0.1, 0.15) is 12.4 Å². The third kappa shape index (κ3) is 1.95. The van der Waals surface area contributed by atoms with Crippen LogP contribution in [0, 0.1) is 0 Å². The molecule has 1 fully saturated rings. The molecule has 3 N–H and O–H groups in total. The van der Waals surface area contributed by atoms with E-state index in [-0.39, 0.29) is 12.1 Å². The van der Waals surface area contributed by atoms with Crippen molar-refractivity contribution in [3.63, 3.8) is 0 Å². The maximum Gasteiger partial charge on any atom is 0.424 e. The van der Waals surface area contributed by atoms with Gasteiger partial charge in [0.15, 0.2) is 0 Å². The lowest BCUT2D eigenvalue weighted by atomic mass is 10.0. The fourth-order valence-corrected chi connectivity index (χ4v) is 2.24. The number of amides is 1. The lowest BCUT2D eigenvalue weighted by Gasteiger charge is -2.29. The van der Waals surface area contributed by atoms with Gasteiger partial charge in [0, 0.05) is 23.7 Å². The quantitative estimate of drug-likeness (QED) is 0.766. The van der Waals surface area contributed by atoms with Gasteiger partial charge < -0.3 is 15.2 Å². The first-order valence-electron chi connectivity index (χ1n) is 5.97. The molecule has 6 heteroatoms. The molecule has 96 valence electrons. The van der Waals surface area contributed by atoms with E-state index in [0.29, 0.717) is 25.4 Å². The third-order valence-electron chi connectivity index (χ3n) is 3.15. The summed E-state index contributed by atoms with van der Waals surface area (Å²) in [7, 11) is 0. The fourth-order valence-electron chi connectivity index (χ4n) is 2.24. The highest BCUT2D eigenvalue weighted by atomic mass is 16.6. The van der Waals surface area contributed by atoms with E-state index in [0.717, 1.165) is 17.7 Å². The predicted octanol–water partition coefficient (Wildman–Crippen LogP) is 1.05.